The number of para-hydroxylation sites is 1. The van der Waals surface area contributed by atoms with Crippen LogP contribution in [0, 0.1) is 0 Å². The van der Waals surface area contributed by atoms with Crippen LogP contribution in [0.4, 0.5) is 0 Å². The Morgan fingerprint density at radius 1 is 1.08 bits per heavy atom. The number of imide groups is 1. The summed E-state index contributed by atoms with van der Waals surface area (Å²) in [7, 11) is 3.49. The predicted octanol–water partition coefficient (Wildman–Crippen LogP) is 2.86. The second kappa shape index (κ2) is 7.90. The van der Waals surface area contributed by atoms with Crippen molar-refractivity contribution in [2.75, 3.05) is 7.05 Å². The second-order valence-corrected chi connectivity index (χ2v) is 6.19. The zero-order chi connectivity index (χ0) is 17.7. The molecule has 2 amide bonds. The Labute approximate surface area is 142 Å². The molecule has 128 valence electrons. The number of hydrogen-bond acceptors (Lipinski definition) is 3. The van der Waals surface area contributed by atoms with Crippen LogP contribution in [-0.2, 0) is 27.9 Å². The number of Topliss-reactive ketones (excluding diaryl/α,β-unsaturated/α-hetero) is 1. The maximum absolute atomic E-state index is 12.0. The van der Waals surface area contributed by atoms with Gasteiger partial charge in [0.1, 0.15) is 5.78 Å². The first-order chi connectivity index (χ1) is 11.4. The third-order valence-corrected chi connectivity index (χ3v) is 4.27. The minimum absolute atomic E-state index is 0.210. The number of amides is 2. The minimum atomic E-state index is -0.429. The van der Waals surface area contributed by atoms with E-state index in [0.29, 0.717) is 6.42 Å². The number of hydrogen-bond donors (Lipinski definition) is 0. The molecule has 5 heteroatoms. The van der Waals surface area contributed by atoms with Gasteiger partial charge in [0.15, 0.2) is 0 Å². The maximum Gasteiger partial charge on any atom is 0.236 e. The number of carbonyl (C=O) groups excluding carboxylic acids is 3. The highest BCUT2D eigenvalue weighted by Crippen LogP contribution is 2.20. The summed E-state index contributed by atoms with van der Waals surface area (Å²) in [5, 5.41) is 1.22. The molecule has 0 atom stereocenters. The van der Waals surface area contributed by atoms with Gasteiger partial charge in [0.25, 0.3) is 0 Å². The monoisotopic (exact) mass is 328 g/mol. The van der Waals surface area contributed by atoms with Crippen molar-refractivity contribution in [3.63, 3.8) is 0 Å². The third kappa shape index (κ3) is 4.31. The lowest BCUT2D eigenvalue weighted by Gasteiger charge is -2.14. The maximum atomic E-state index is 12.0. The van der Waals surface area contributed by atoms with E-state index in [1.54, 1.807) is 0 Å². The highest BCUT2D eigenvalue weighted by Gasteiger charge is 2.17. The molecule has 0 spiro atoms. The first-order valence-electron chi connectivity index (χ1n) is 8.22. The van der Waals surface area contributed by atoms with Crippen LogP contribution >= 0.6 is 0 Å². The van der Waals surface area contributed by atoms with Gasteiger partial charge in [-0.2, -0.15) is 0 Å². The van der Waals surface area contributed by atoms with Gasteiger partial charge in [-0.1, -0.05) is 18.2 Å². The van der Waals surface area contributed by atoms with Crippen LogP contribution in [0.25, 0.3) is 10.9 Å². The predicted molar refractivity (Wildman–Crippen MR) is 93.5 cm³/mol. The Morgan fingerprint density at radius 2 is 1.79 bits per heavy atom. The smallest absolute Gasteiger partial charge is 0.236 e. The summed E-state index contributed by atoms with van der Waals surface area (Å²) in [6.45, 7) is 1.35. The molecule has 0 aliphatic heterocycles. The van der Waals surface area contributed by atoms with Gasteiger partial charge in [-0.3, -0.25) is 19.3 Å². The van der Waals surface area contributed by atoms with E-state index in [9.17, 15) is 14.4 Å². The highest BCUT2D eigenvalue weighted by molar-refractivity contribution is 6.03. The summed E-state index contributed by atoms with van der Waals surface area (Å²) in [5.74, 6) is -0.880. The van der Waals surface area contributed by atoms with Gasteiger partial charge in [-0.05, 0) is 43.7 Å². The van der Waals surface area contributed by atoms with Crippen molar-refractivity contribution in [3.8, 4) is 0 Å². The summed E-state index contributed by atoms with van der Waals surface area (Å²) in [6, 6.07) is 10.4. The van der Waals surface area contributed by atoms with Crippen molar-refractivity contribution in [3.05, 3.63) is 36.0 Å². The molecule has 1 aromatic heterocycles. The molecule has 0 bridgehead atoms. The Balaban J connectivity index is 1.81. The molecule has 0 radical (unpaired) electrons. The molecule has 1 heterocycles. The van der Waals surface area contributed by atoms with Gasteiger partial charge in [0, 0.05) is 31.7 Å². The Bertz CT molecular complexity index is 761. The quantitative estimate of drug-likeness (QED) is 0.580. The van der Waals surface area contributed by atoms with Crippen molar-refractivity contribution in [1.29, 1.82) is 0 Å². The summed E-state index contributed by atoms with van der Waals surface area (Å²) in [6.07, 6.45) is 2.61. The lowest BCUT2D eigenvalue weighted by Crippen LogP contribution is -2.33. The molecule has 0 aliphatic carbocycles. The molecule has 0 aliphatic rings. The van der Waals surface area contributed by atoms with Gasteiger partial charge < -0.3 is 4.57 Å². The molecule has 2 aromatic rings. The molecule has 5 nitrogen and oxygen atoms in total. The van der Waals surface area contributed by atoms with E-state index in [1.165, 1.54) is 30.6 Å². The Morgan fingerprint density at radius 3 is 2.46 bits per heavy atom. The van der Waals surface area contributed by atoms with Gasteiger partial charge in [-0.25, -0.2) is 0 Å². The van der Waals surface area contributed by atoms with Crippen LogP contribution in [0.5, 0.6) is 0 Å². The average molecular weight is 328 g/mol. The van der Waals surface area contributed by atoms with Gasteiger partial charge in [0.05, 0.1) is 6.42 Å². The second-order valence-electron chi connectivity index (χ2n) is 6.19. The largest absolute Gasteiger partial charge is 0.348 e. The fraction of sp³-hybridized carbons (Fsp3) is 0.421. The Hall–Kier alpha value is -2.43. The molecule has 0 saturated carbocycles. The van der Waals surface area contributed by atoms with Gasteiger partial charge in [-0.15, -0.1) is 0 Å². The van der Waals surface area contributed by atoms with Gasteiger partial charge >= 0.3 is 0 Å². The lowest BCUT2D eigenvalue weighted by atomic mass is 10.1. The standard InChI is InChI=1S/C19H24N2O3/c1-14(22)12-19(24)21(3)18(23)11-7-5-9-16-13-15-8-4-6-10-17(15)20(16)2/h4,6,8,10,13H,5,7,9,11-12H2,1-3H3. The van der Waals surface area contributed by atoms with Crippen LogP contribution in [0.15, 0.2) is 30.3 Å². The van der Waals surface area contributed by atoms with Crippen LogP contribution in [0.1, 0.15) is 38.3 Å². The topological polar surface area (TPSA) is 59.4 Å². The van der Waals surface area contributed by atoms with E-state index in [0.717, 1.165) is 24.2 Å². The van der Waals surface area contributed by atoms with Crippen LogP contribution in [0.3, 0.4) is 0 Å². The van der Waals surface area contributed by atoms with E-state index in [4.69, 9.17) is 0 Å². The van der Waals surface area contributed by atoms with E-state index in [2.05, 4.69) is 29.8 Å². The molecule has 24 heavy (non-hydrogen) atoms. The molecule has 2 rings (SSSR count). The zero-order valence-corrected chi connectivity index (χ0v) is 14.5. The van der Waals surface area contributed by atoms with Crippen molar-refractivity contribution in [2.45, 2.75) is 39.0 Å². The number of fused-ring (bicyclic) bond motifs is 1. The highest BCUT2D eigenvalue weighted by atomic mass is 16.2. The number of benzene rings is 1. The number of ketones is 1. The molecule has 0 N–H and O–H groups in total. The lowest BCUT2D eigenvalue weighted by molar-refractivity contribution is -0.144. The normalized spacial score (nSPS) is 10.8. The van der Waals surface area contributed by atoms with Crippen molar-refractivity contribution in [2.24, 2.45) is 7.05 Å². The fourth-order valence-electron chi connectivity index (χ4n) is 2.81. The van der Waals surface area contributed by atoms with E-state index in [-0.39, 0.29) is 18.1 Å². The molecule has 0 fully saturated rings. The fourth-order valence-corrected chi connectivity index (χ4v) is 2.81. The zero-order valence-electron chi connectivity index (χ0n) is 14.5. The molecular weight excluding hydrogens is 304 g/mol. The summed E-state index contributed by atoms with van der Waals surface area (Å²) < 4.78 is 2.18. The first-order valence-corrected chi connectivity index (χ1v) is 8.22. The van der Waals surface area contributed by atoms with E-state index < -0.39 is 5.91 Å². The summed E-state index contributed by atoms with van der Waals surface area (Å²) in [4.78, 5) is 35.7. The van der Waals surface area contributed by atoms with E-state index >= 15 is 0 Å². The van der Waals surface area contributed by atoms with Gasteiger partial charge in [0.2, 0.25) is 11.8 Å². The van der Waals surface area contributed by atoms with Crippen LogP contribution in [0.2, 0.25) is 0 Å². The SMILES string of the molecule is CC(=O)CC(=O)N(C)C(=O)CCCCc1cc2ccccc2n1C. The Kier molecular flexibility index (Phi) is 5.90. The number of aromatic nitrogens is 1. The van der Waals surface area contributed by atoms with Crippen molar-refractivity contribution in [1.82, 2.24) is 9.47 Å². The number of carbonyl (C=O) groups is 3. The molecule has 0 unspecified atom stereocenters. The van der Waals surface area contributed by atoms with Crippen LogP contribution in [-0.4, -0.2) is 34.1 Å². The van der Waals surface area contributed by atoms with Crippen molar-refractivity contribution < 1.29 is 14.4 Å². The minimum Gasteiger partial charge on any atom is -0.348 e. The number of unbranched alkanes of at least 4 members (excludes halogenated alkanes) is 1. The number of rotatable bonds is 7. The van der Waals surface area contributed by atoms with Crippen molar-refractivity contribution >= 4 is 28.5 Å². The molecule has 0 saturated heterocycles. The third-order valence-electron chi connectivity index (χ3n) is 4.27. The first kappa shape index (κ1) is 17.9. The van der Waals surface area contributed by atoms with Crippen LogP contribution < -0.4 is 0 Å². The van der Waals surface area contributed by atoms with E-state index in [1.807, 2.05) is 12.1 Å². The average Bonchev–Trinajstić information content (AvgIpc) is 2.86. The number of aryl methyl sites for hydroxylation is 2. The molecular formula is C19H24N2O3. The summed E-state index contributed by atoms with van der Waals surface area (Å²) in [5.41, 5.74) is 2.45. The summed E-state index contributed by atoms with van der Waals surface area (Å²) >= 11 is 0. The number of nitrogens with zero attached hydrogens (tertiary/aromatic N) is 2. The molecule has 1 aromatic carbocycles.